The Morgan fingerprint density at radius 3 is 3.06 bits per heavy atom. The lowest BCUT2D eigenvalue weighted by Crippen LogP contribution is -2.01. The lowest BCUT2D eigenvalue weighted by Gasteiger charge is -2.03. The minimum absolute atomic E-state index is 0.563. The van der Waals surface area contributed by atoms with E-state index in [1.54, 1.807) is 0 Å². The van der Waals surface area contributed by atoms with Crippen molar-refractivity contribution < 1.29 is 4.74 Å². The van der Waals surface area contributed by atoms with Gasteiger partial charge in [0.1, 0.15) is 5.82 Å². The summed E-state index contributed by atoms with van der Waals surface area (Å²) in [6.45, 7) is 4.64. The summed E-state index contributed by atoms with van der Waals surface area (Å²) in [5.41, 5.74) is 3.77. The number of nitrogens with zero attached hydrogens (tertiary/aromatic N) is 3. The molecule has 1 aromatic carbocycles. The number of aromatic nitrogens is 3. The van der Waals surface area contributed by atoms with E-state index < -0.39 is 0 Å². The van der Waals surface area contributed by atoms with Gasteiger partial charge in [-0.2, -0.15) is 0 Å². The highest BCUT2D eigenvalue weighted by Gasteiger charge is 2.15. The van der Waals surface area contributed by atoms with Crippen molar-refractivity contribution in [2.24, 2.45) is 0 Å². The molecule has 0 spiro atoms. The fourth-order valence-electron chi connectivity index (χ4n) is 2.16. The maximum Gasteiger partial charge on any atom is 0.321 e. The Bertz CT molecular complexity index is 613. The Morgan fingerprint density at radius 2 is 2.22 bits per heavy atom. The fraction of sp³-hybridized carbons (Fsp3) is 0.286. The SMILES string of the molecule is CCOc1nnc2n1C=Cc1cc(C)ccc1C2. The number of fused-ring (bicyclic) bond motifs is 2. The minimum atomic E-state index is 0.563. The van der Waals surface area contributed by atoms with Gasteiger partial charge in [-0.3, -0.25) is 4.57 Å². The van der Waals surface area contributed by atoms with Crippen LogP contribution in [0.4, 0.5) is 0 Å². The maximum absolute atomic E-state index is 5.46. The highest BCUT2D eigenvalue weighted by molar-refractivity contribution is 5.66. The van der Waals surface area contributed by atoms with Crippen LogP contribution in [0.5, 0.6) is 6.01 Å². The Hall–Kier alpha value is -2.10. The molecule has 1 aromatic heterocycles. The minimum Gasteiger partial charge on any atom is -0.464 e. The molecule has 1 aliphatic rings. The molecule has 0 atom stereocenters. The van der Waals surface area contributed by atoms with Crippen LogP contribution < -0.4 is 4.74 Å². The molecule has 0 radical (unpaired) electrons. The molecule has 0 amide bonds. The number of hydrogen-bond acceptors (Lipinski definition) is 3. The summed E-state index contributed by atoms with van der Waals surface area (Å²) >= 11 is 0. The van der Waals surface area contributed by atoms with E-state index in [9.17, 15) is 0 Å². The predicted octanol–water partition coefficient (Wildman–Crippen LogP) is 2.52. The maximum atomic E-state index is 5.46. The molecule has 0 fully saturated rings. The van der Waals surface area contributed by atoms with Gasteiger partial charge < -0.3 is 4.74 Å². The van der Waals surface area contributed by atoms with Crippen LogP contribution in [0.25, 0.3) is 12.3 Å². The molecule has 92 valence electrons. The number of aryl methyl sites for hydroxylation is 1. The first-order valence-electron chi connectivity index (χ1n) is 6.12. The van der Waals surface area contributed by atoms with Crippen LogP contribution in [-0.4, -0.2) is 21.4 Å². The summed E-state index contributed by atoms with van der Waals surface area (Å²) in [5, 5.41) is 8.25. The van der Waals surface area contributed by atoms with Crippen LogP contribution in [-0.2, 0) is 6.42 Å². The van der Waals surface area contributed by atoms with Gasteiger partial charge in [-0.05, 0) is 31.1 Å². The Balaban J connectivity index is 2.06. The van der Waals surface area contributed by atoms with Crippen LogP contribution in [0, 0.1) is 6.92 Å². The average molecular weight is 241 g/mol. The monoisotopic (exact) mass is 241 g/mol. The average Bonchev–Trinajstić information content (AvgIpc) is 2.63. The van der Waals surface area contributed by atoms with Crippen molar-refractivity contribution in [2.75, 3.05) is 6.61 Å². The Kier molecular flexibility index (Phi) is 2.63. The number of rotatable bonds is 2. The summed E-state index contributed by atoms with van der Waals surface area (Å²) in [5.74, 6) is 0.914. The topological polar surface area (TPSA) is 39.9 Å². The van der Waals surface area contributed by atoms with Crippen LogP contribution in [0.1, 0.15) is 29.4 Å². The number of ether oxygens (including phenoxy) is 1. The van der Waals surface area contributed by atoms with E-state index in [4.69, 9.17) is 4.74 Å². The highest BCUT2D eigenvalue weighted by Crippen LogP contribution is 2.23. The smallest absolute Gasteiger partial charge is 0.321 e. The normalized spacial score (nSPS) is 12.8. The van der Waals surface area contributed by atoms with Gasteiger partial charge in [0.2, 0.25) is 0 Å². The number of benzene rings is 1. The van der Waals surface area contributed by atoms with Gasteiger partial charge in [0, 0.05) is 12.6 Å². The van der Waals surface area contributed by atoms with Gasteiger partial charge in [-0.15, -0.1) is 5.10 Å². The second-order valence-corrected chi connectivity index (χ2v) is 4.40. The molecule has 2 aromatic rings. The molecule has 0 bridgehead atoms. The standard InChI is InChI=1S/C14H15N3O/c1-3-18-14-16-15-13-9-11-5-4-10(2)8-12(11)6-7-17(13)14/h4-8H,3,9H2,1-2H3. The van der Waals surface area contributed by atoms with Crippen molar-refractivity contribution in [2.45, 2.75) is 20.3 Å². The van der Waals surface area contributed by atoms with Crippen molar-refractivity contribution >= 4 is 12.3 Å². The summed E-state index contributed by atoms with van der Waals surface area (Å²) in [6.07, 6.45) is 4.85. The lowest BCUT2D eigenvalue weighted by molar-refractivity contribution is 0.307. The second kappa shape index (κ2) is 4.29. The van der Waals surface area contributed by atoms with Gasteiger partial charge in [0.15, 0.2) is 0 Å². The molecule has 2 heterocycles. The van der Waals surface area contributed by atoms with Crippen molar-refractivity contribution in [1.29, 1.82) is 0 Å². The van der Waals surface area contributed by atoms with Gasteiger partial charge in [-0.1, -0.05) is 28.9 Å². The molecular weight excluding hydrogens is 226 g/mol. The molecule has 1 aliphatic heterocycles. The summed E-state index contributed by atoms with van der Waals surface area (Å²) < 4.78 is 7.38. The van der Waals surface area contributed by atoms with E-state index in [1.165, 1.54) is 16.7 Å². The zero-order valence-corrected chi connectivity index (χ0v) is 10.6. The van der Waals surface area contributed by atoms with E-state index in [0.29, 0.717) is 12.6 Å². The molecule has 0 saturated heterocycles. The van der Waals surface area contributed by atoms with Crippen LogP contribution >= 0.6 is 0 Å². The molecule has 18 heavy (non-hydrogen) atoms. The van der Waals surface area contributed by atoms with Crippen LogP contribution in [0.3, 0.4) is 0 Å². The van der Waals surface area contributed by atoms with Gasteiger partial charge in [0.25, 0.3) is 0 Å². The highest BCUT2D eigenvalue weighted by atomic mass is 16.5. The third-order valence-electron chi connectivity index (χ3n) is 3.06. The Morgan fingerprint density at radius 1 is 1.33 bits per heavy atom. The van der Waals surface area contributed by atoms with Gasteiger partial charge in [-0.25, -0.2) is 0 Å². The molecule has 0 aliphatic carbocycles. The second-order valence-electron chi connectivity index (χ2n) is 4.40. The molecule has 4 nitrogen and oxygen atoms in total. The first-order valence-corrected chi connectivity index (χ1v) is 6.12. The van der Waals surface area contributed by atoms with E-state index in [2.05, 4.69) is 41.4 Å². The lowest BCUT2D eigenvalue weighted by atomic mass is 10.0. The largest absolute Gasteiger partial charge is 0.464 e. The van der Waals surface area contributed by atoms with Crippen LogP contribution in [0.15, 0.2) is 18.2 Å². The number of hydrogen-bond donors (Lipinski definition) is 0. The molecule has 0 N–H and O–H groups in total. The fourth-order valence-corrected chi connectivity index (χ4v) is 2.16. The van der Waals surface area contributed by atoms with Crippen molar-refractivity contribution in [3.8, 4) is 6.01 Å². The van der Waals surface area contributed by atoms with Gasteiger partial charge >= 0.3 is 6.01 Å². The molecule has 4 heteroatoms. The first-order chi connectivity index (χ1) is 8.78. The molecule has 0 unspecified atom stereocenters. The summed E-state index contributed by atoms with van der Waals surface area (Å²) in [6, 6.07) is 7.03. The van der Waals surface area contributed by atoms with E-state index in [0.717, 1.165) is 12.2 Å². The first kappa shape index (κ1) is 11.0. The molecular formula is C14H15N3O. The van der Waals surface area contributed by atoms with E-state index in [-0.39, 0.29) is 0 Å². The van der Waals surface area contributed by atoms with E-state index in [1.807, 2.05) is 17.7 Å². The summed E-state index contributed by atoms with van der Waals surface area (Å²) in [4.78, 5) is 0. The van der Waals surface area contributed by atoms with Crippen molar-refractivity contribution in [3.05, 3.63) is 40.7 Å². The third kappa shape index (κ3) is 1.79. The van der Waals surface area contributed by atoms with Gasteiger partial charge in [0.05, 0.1) is 6.61 Å². The quantitative estimate of drug-likeness (QED) is 0.692. The zero-order chi connectivity index (χ0) is 12.5. The zero-order valence-electron chi connectivity index (χ0n) is 10.6. The summed E-state index contributed by atoms with van der Waals surface area (Å²) in [7, 11) is 0. The van der Waals surface area contributed by atoms with Crippen molar-refractivity contribution in [3.63, 3.8) is 0 Å². The van der Waals surface area contributed by atoms with E-state index >= 15 is 0 Å². The van der Waals surface area contributed by atoms with Crippen molar-refractivity contribution in [1.82, 2.24) is 14.8 Å². The third-order valence-corrected chi connectivity index (χ3v) is 3.06. The molecule has 3 rings (SSSR count). The Labute approximate surface area is 106 Å². The molecule has 0 saturated carbocycles. The van der Waals surface area contributed by atoms with Crippen LogP contribution in [0.2, 0.25) is 0 Å². The predicted molar refractivity (Wildman–Crippen MR) is 70.4 cm³/mol.